The predicted molar refractivity (Wildman–Crippen MR) is 78.2 cm³/mol. The van der Waals surface area contributed by atoms with E-state index < -0.39 is 5.91 Å². The maximum absolute atomic E-state index is 11.0. The minimum atomic E-state index is -0.398. The molecule has 0 spiro atoms. The van der Waals surface area contributed by atoms with Crippen molar-refractivity contribution >= 4 is 39.5 Å². The van der Waals surface area contributed by atoms with Crippen LogP contribution in [-0.4, -0.2) is 5.91 Å². The molecule has 98 valence electrons. The Morgan fingerprint density at radius 1 is 1.37 bits per heavy atom. The van der Waals surface area contributed by atoms with Crippen LogP contribution in [0, 0.1) is 0 Å². The molecule has 0 saturated carbocycles. The zero-order valence-electron chi connectivity index (χ0n) is 9.69. The summed E-state index contributed by atoms with van der Waals surface area (Å²) in [5.74, 6) is 5.79. The highest BCUT2D eigenvalue weighted by Gasteiger charge is 2.06. The maximum Gasteiger partial charge on any atom is 0.258 e. The van der Waals surface area contributed by atoms with Crippen molar-refractivity contribution in [2.24, 2.45) is 5.84 Å². The van der Waals surface area contributed by atoms with Crippen LogP contribution in [0.1, 0.15) is 5.76 Å². The van der Waals surface area contributed by atoms with Crippen LogP contribution >= 0.6 is 27.5 Å². The van der Waals surface area contributed by atoms with E-state index in [1.807, 2.05) is 17.6 Å². The van der Waals surface area contributed by atoms with Crippen molar-refractivity contribution in [1.82, 2.24) is 5.43 Å². The molecule has 6 heteroatoms. The van der Waals surface area contributed by atoms with E-state index in [2.05, 4.69) is 15.9 Å². The van der Waals surface area contributed by atoms with Crippen LogP contribution in [0.25, 0.3) is 17.4 Å². The molecular weight excluding hydrogens is 332 g/mol. The lowest BCUT2D eigenvalue weighted by atomic mass is 10.2. The number of amides is 1. The van der Waals surface area contributed by atoms with Crippen molar-refractivity contribution in [1.29, 1.82) is 0 Å². The van der Waals surface area contributed by atoms with Crippen LogP contribution in [0.15, 0.2) is 45.3 Å². The second kappa shape index (κ2) is 6.06. The van der Waals surface area contributed by atoms with Gasteiger partial charge in [-0.15, -0.1) is 0 Å². The smallest absolute Gasteiger partial charge is 0.258 e. The quantitative estimate of drug-likeness (QED) is 0.389. The van der Waals surface area contributed by atoms with E-state index in [1.54, 1.807) is 18.2 Å². The predicted octanol–water partition coefficient (Wildman–Crippen LogP) is 3.37. The van der Waals surface area contributed by atoms with Gasteiger partial charge in [0.25, 0.3) is 5.91 Å². The Balaban J connectivity index is 2.23. The van der Waals surface area contributed by atoms with Gasteiger partial charge in [-0.3, -0.25) is 10.2 Å². The molecule has 1 heterocycles. The van der Waals surface area contributed by atoms with Crippen molar-refractivity contribution < 1.29 is 9.21 Å². The van der Waals surface area contributed by atoms with E-state index in [-0.39, 0.29) is 0 Å². The molecule has 1 amide bonds. The van der Waals surface area contributed by atoms with Gasteiger partial charge in [0, 0.05) is 16.1 Å². The maximum atomic E-state index is 11.0. The lowest BCUT2D eigenvalue weighted by Crippen LogP contribution is -2.27. The third kappa shape index (κ3) is 3.47. The minimum Gasteiger partial charge on any atom is -0.457 e. The van der Waals surface area contributed by atoms with E-state index in [1.165, 1.54) is 12.2 Å². The van der Waals surface area contributed by atoms with Gasteiger partial charge in [0.1, 0.15) is 11.5 Å². The standard InChI is InChI=1S/C13H10BrClN2O2/c14-10-4-1-8(7-11(10)15)12-5-2-9(19-12)3-6-13(18)17-16/h1-7H,16H2,(H,17,18)/b6-3+. The number of carbonyl (C=O) groups excluding carboxylic acids is 1. The Kier molecular flexibility index (Phi) is 4.42. The molecule has 1 aromatic heterocycles. The van der Waals surface area contributed by atoms with Crippen molar-refractivity contribution in [3.8, 4) is 11.3 Å². The third-order valence-corrected chi connectivity index (χ3v) is 3.60. The number of benzene rings is 1. The van der Waals surface area contributed by atoms with Gasteiger partial charge in [0.2, 0.25) is 0 Å². The van der Waals surface area contributed by atoms with Gasteiger partial charge >= 0.3 is 0 Å². The Morgan fingerprint density at radius 2 is 2.16 bits per heavy atom. The van der Waals surface area contributed by atoms with Crippen LogP contribution in [0.2, 0.25) is 5.02 Å². The van der Waals surface area contributed by atoms with E-state index in [4.69, 9.17) is 21.9 Å². The molecule has 0 aliphatic rings. The van der Waals surface area contributed by atoms with Crippen LogP contribution in [-0.2, 0) is 4.79 Å². The number of carbonyl (C=O) groups is 1. The van der Waals surface area contributed by atoms with Gasteiger partial charge in [-0.1, -0.05) is 17.7 Å². The van der Waals surface area contributed by atoms with Gasteiger partial charge in [-0.25, -0.2) is 5.84 Å². The van der Waals surface area contributed by atoms with Gasteiger partial charge in [0.05, 0.1) is 5.02 Å². The summed E-state index contributed by atoms with van der Waals surface area (Å²) in [6, 6.07) is 9.09. The van der Waals surface area contributed by atoms with Crippen LogP contribution in [0.3, 0.4) is 0 Å². The number of nitrogens with one attached hydrogen (secondary N) is 1. The minimum absolute atomic E-state index is 0.398. The molecule has 0 radical (unpaired) electrons. The zero-order valence-corrected chi connectivity index (χ0v) is 12.0. The first-order valence-corrected chi connectivity index (χ1v) is 6.51. The highest BCUT2D eigenvalue weighted by atomic mass is 79.9. The van der Waals surface area contributed by atoms with E-state index >= 15 is 0 Å². The summed E-state index contributed by atoms with van der Waals surface area (Å²) in [4.78, 5) is 11.0. The Hall–Kier alpha value is -1.56. The van der Waals surface area contributed by atoms with Gasteiger partial charge in [0.15, 0.2) is 0 Å². The Morgan fingerprint density at radius 3 is 2.84 bits per heavy atom. The van der Waals surface area contributed by atoms with Gasteiger partial charge in [-0.2, -0.15) is 0 Å². The summed E-state index contributed by atoms with van der Waals surface area (Å²) in [7, 11) is 0. The summed E-state index contributed by atoms with van der Waals surface area (Å²) >= 11 is 9.35. The van der Waals surface area contributed by atoms with E-state index in [0.717, 1.165) is 10.0 Å². The van der Waals surface area contributed by atoms with Gasteiger partial charge < -0.3 is 4.42 Å². The average molecular weight is 342 g/mol. The highest BCUT2D eigenvalue weighted by molar-refractivity contribution is 9.10. The molecule has 0 atom stereocenters. The number of halogens is 2. The largest absolute Gasteiger partial charge is 0.457 e. The average Bonchev–Trinajstić information content (AvgIpc) is 2.88. The molecule has 0 fully saturated rings. The normalized spacial score (nSPS) is 10.9. The number of hydrogen-bond donors (Lipinski definition) is 2. The monoisotopic (exact) mass is 340 g/mol. The third-order valence-electron chi connectivity index (χ3n) is 2.37. The number of nitrogens with two attached hydrogens (primary N) is 1. The summed E-state index contributed by atoms with van der Waals surface area (Å²) in [5.41, 5.74) is 2.85. The fourth-order valence-electron chi connectivity index (χ4n) is 1.45. The molecule has 1 aromatic carbocycles. The molecule has 0 saturated heterocycles. The fraction of sp³-hybridized carbons (Fsp3) is 0. The van der Waals surface area contributed by atoms with E-state index in [0.29, 0.717) is 16.5 Å². The lowest BCUT2D eigenvalue weighted by Gasteiger charge is -1.99. The Labute approximate surface area is 123 Å². The molecule has 3 N–H and O–H groups in total. The molecule has 19 heavy (non-hydrogen) atoms. The molecule has 0 bridgehead atoms. The van der Waals surface area contributed by atoms with Crippen molar-refractivity contribution in [3.63, 3.8) is 0 Å². The lowest BCUT2D eigenvalue weighted by molar-refractivity contribution is -0.116. The van der Waals surface area contributed by atoms with Crippen molar-refractivity contribution in [3.05, 3.63) is 51.7 Å². The first-order chi connectivity index (χ1) is 9.10. The molecule has 0 aliphatic heterocycles. The second-order valence-electron chi connectivity index (χ2n) is 3.67. The first-order valence-electron chi connectivity index (χ1n) is 5.34. The SMILES string of the molecule is NNC(=O)/C=C/c1ccc(-c2ccc(Br)c(Cl)c2)o1. The van der Waals surface area contributed by atoms with Gasteiger partial charge in [-0.05, 0) is 46.3 Å². The van der Waals surface area contributed by atoms with Crippen LogP contribution in [0.5, 0.6) is 0 Å². The summed E-state index contributed by atoms with van der Waals surface area (Å²) in [5, 5.41) is 0.605. The zero-order chi connectivity index (χ0) is 13.8. The molecule has 0 unspecified atom stereocenters. The summed E-state index contributed by atoms with van der Waals surface area (Å²) in [6.45, 7) is 0. The molecular formula is C13H10BrClN2O2. The number of rotatable bonds is 3. The number of furan rings is 1. The first kappa shape index (κ1) is 13.9. The Bertz CT molecular complexity index is 637. The van der Waals surface area contributed by atoms with Crippen molar-refractivity contribution in [2.45, 2.75) is 0 Å². The summed E-state index contributed by atoms with van der Waals surface area (Å²) in [6.07, 6.45) is 2.82. The highest BCUT2D eigenvalue weighted by Crippen LogP contribution is 2.29. The van der Waals surface area contributed by atoms with Crippen LogP contribution in [0.4, 0.5) is 0 Å². The van der Waals surface area contributed by atoms with Crippen molar-refractivity contribution in [2.75, 3.05) is 0 Å². The van der Waals surface area contributed by atoms with E-state index in [9.17, 15) is 4.79 Å². The second-order valence-corrected chi connectivity index (χ2v) is 4.93. The fourth-order valence-corrected chi connectivity index (χ4v) is 1.88. The topological polar surface area (TPSA) is 68.3 Å². The molecule has 2 rings (SSSR count). The molecule has 4 nitrogen and oxygen atoms in total. The summed E-state index contributed by atoms with van der Waals surface area (Å²) < 4.78 is 6.40. The molecule has 2 aromatic rings. The number of hydrazine groups is 1. The number of hydrogen-bond acceptors (Lipinski definition) is 3. The van der Waals surface area contributed by atoms with Crippen LogP contribution < -0.4 is 11.3 Å². The molecule has 0 aliphatic carbocycles.